The number of rotatable bonds is 4. The molecule has 3 nitrogen and oxygen atoms in total. The Morgan fingerprint density at radius 3 is 2.39 bits per heavy atom. The van der Waals surface area contributed by atoms with Gasteiger partial charge in [-0.2, -0.15) is 0 Å². The van der Waals surface area contributed by atoms with Crippen LogP contribution >= 0.6 is 0 Å². The Labute approximate surface area is 106 Å². The molecular formula is C13H18F2N2O. The Balaban J connectivity index is 2.79. The molecule has 5 heteroatoms. The molecule has 100 valence electrons. The van der Waals surface area contributed by atoms with Gasteiger partial charge in [0.2, 0.25) is 5.91 Å². The summed E-state index contributed by atoms with van der Waals surface area (Å²) < 4.78 is 25.9. The third-order valence-corrected chi connectivity index (χ3v) is 2.98. The first-order valence-electron chi connectivity index (χ1n) is 5.72. The van der Waals surface area contributed by atoms with E-state index in [9.17, 15) is 13.6 Å². The summed E-state index contributed by atoms with van der Waals surface area (Å²) in [6.45, 7) is 5.19. The second-order valence-electron chi connectivity index (χ2n) is 4.74. The minimum atomic E-state index is -0.915. The maximum Gasteiger partial charge on any atom is 0.240 e. The van der Waals surface area contributed by atoms with Crippen molar-refractivity contribution < 1.29 is 13.6 Å². The summed E-state index contributed by atoms with van der Waals surface area (Å²) in [7, 11) is 1.68. The predicted molar refractivity (Wildman–Crippen MR) is 66.1 cm³/mol. The quantitative estimate of drug-likeness (QED) is 0.866. The van der Waals surface area contributed by atoms with Crippen LogP contribution in [0.3, 0.4) is 0 Å². The molecule has 0 aromatic heterocycles. The Morgan fingerprint density at radius 1 is 1.28 bits per heavy atom. The highest BCUT2D eigenvalue weighted by Gasteiger charge is 2.26. The fourth-order valence-electron chi connectivity index (χ4n) is 1.36. The first-order chi connectivity index (χ1) is 8.27. The van der Waals surface area contributed by atoms with Crippen LogP contribution in [0.2, 0.25) is 0 Å². The van der Waals surface area contributed by atoms with Crippen LogP contribution in [0.25, 0.3) is 0 Å². The van der Waals surface area contributed by atoms with Crippen molar-refractivity contribution in [3.05, 3.63) is 35.4 Å². The maximum absolute atomic E-state index is 13.1. The van der Waals surface area contributed by atoms with Gasteiger partial charge in [-0.3, -0.25) is 4.79 Å². The van der Waals surface area contributed by atoms with Crippen molar-refractivity contribution in [2.45, 2.75) is 32.4 Å². The number of carbonyl (C=O) groups is 1. The number of carbonyl (C=O) groups excluding carboxylic acids is 1. The van der Waals surface area contributed by atoms with E-state index in [1.807, 2.05) is 0 Å². The van der Waals surface area contributed by atoms with Crippen molar-refractivity contribution >= 4 is 5.91 Å². The first-order valence-corrected chi connectivity index (χ1v) is 5.72. The summed E-state index contributed by atoms with van der Waals surface area (Å²) in [4.78, 5) is 11.9. The highest BCUT2D eigenvalue weighted by molar-refractivity contribution is 5.85. The minimum Gasteiger partial charge on any atom is -0.348 e. The van der Waals surface area contributed by atoms with E-state index in [0.717, 1.165) is 12.1 Å². The van der Waals surface area contributed by atoms with Gasteiger partial charge in [-0.05, 0) is 45.5 Å². The lowest BCUT2D eigenvalue weighted by molar-refractivity contribution is -0.126. The number of hydrogen-bond donors (Lipinski definition) is 2. The summed E-state index contributed by atoms with van der Waals surface area (Å²) >= 11 is 0. The van der Waals surface area contributed by atoms with Crippen molar-refractivity contribution in [1.29, 1.82) is 0 Å². The number of halogens is 2. The van der Waals surface area contributed by atoms with E-state index in [0.29, 0.717) is 5.56 Å². The van der Waals surface area contributed by atoms with Crippen molar-refractivity contribution in [1.82, 2.24) is 10.6 Å². The zero-order valence-corrected chi connectivity index (χ0v) is 11.0. The van der Waals surface area contributed by atoms with Gasteiger partial charge in [-0.1, -0.05) is 6.07 Å². The number of likely N-dealkylation sites (N-methyl/N-ethyl adjacent to an activating group) is 1. The van der Waals surface area contributed by atoms with Gasteiger partial charge in [-0.25, -0.2) is 8.78 Å². The molecule has 0 heterocycles. The lowest BCUT2D eigenvalue weighted by Gasteiger charge is -2.25. The molecule has 1 unspecified atom stereocenters. The molecule has 0 bridgehead atoms. The lowest BCUT2D eigenvalue weighted by atomic mass is 10.0. The second-order valence-corrected chi connectivity index (χ2v) is 4.74. The molecule has 1 aromatic rings. The standard InChI is InChI=1S/C13H18F2N2O/c1-8(17-12(18)13(2,3)16-4)9-5-6-10(14)11(15)7-9/h5-8,16H,1-4H3,(H,17,18). The average Bonchev–Trinajstić information content (AvgIpc) is 2.32. The fourth-order valence-corrected chi connectivity index (χ4v) is 1.36. The van der Waals surface area contributed by atoms with Gasteiger partial charge in [0.15, 0.2) is 11.6 Å². The van der Waals surface area contributed by atoms with Crippen molar-refractivity contribution in [2.75, 3.05) is 7.05 Å². The third-order valence-electron chi connectivity index (χ3n) is 2.98. The molecule has 2 N–H and O–H groups in total. The number of benzene rings is 1. The molecule has 1 aromatic carbocycles. The summed E-state index contributed by atoms with van der Waals surface area (Å²) in [5, 5.41) is 5.62. The zero-order chi connectivity index (χ0) is 13.9. The first kappa shape index (κ1) is 14.6. The smallest absolute Gasteiger partial charge is 0.240 e. The molecule has 0 radical (unpaired) electrons. The van der Waals surface area contributed by atoms with Gasteiger partial charge in [0, 0.05) is 0 Å². The molecule has 1 atom stereocenters. The van der Waals surface area contributed by atoms with E-state index >= 15 is 0 Å². The van der Waals surface area contributed by atoms with Crippen LogP contribution in [-0.4, -0.2) is 18.5 Å². The summed E-state index contributed by atoms with van der Waals surface area (Å²) in [6.07, 6.45) is 0. The van der Waals surface area contributed by atoms with Crippen molar-refractivity contribution in [3.8, 4) is 0 Å². The molecule has 0 aliphatic rings. The van der Waals surface area contributed by atoms with Crippen LogP contribution in [0.5, 0.6) is 0 Å². The molecule has 0 saturated carbocycles. The molecule has 0 aliphatic carbocycles. The highest BCUT2D eigenvalue weighted by Crippen LogP contribution is 2.16. The van der Waals surface area contributed by atoms with E-state index in [2.05, 4.69) is 10.6 Å². The fraction of sp³-hybridized carbons (Fsp3) is 0.462. The molecule has 18 heavy (non-hydrogen) atoms. The monoisotopic (exact) mass is 256 g/mol. The molecule has 0 fully saturated rings. The van der Waals surface area contributed by atoms with Crippen LogP contribution < -0.4 is 10.6 Å². The average molecular weight is 256 g/mol. The van der Waals surface area contributed by atoms with E-state index in [1.54, 1.807) is 27.8 Å². The summed E-state index contributed by atoms with van der Waals surface area (Å²) in [5.41, 5.74) is -0.193. The summed E-state index contributed by atoms with van der Waals surface area (Å²) in [6, 6.07) is 3.21. The molecule has 0 aliphatic heterocycles. The molecular weight excluding hydrogens is 238 g/mol. The van der Waals surface area contributed by atoms with E-state index in [1.165, 1.54) is 6.07 Å². The van der Waals surface area contributed by atoms with Crippen LogP contribution in [0.4, 0.5) is 8.78 Å². The lowest BCUT2D eigenvalue weighted by Crippen LogP contribution is -2.51. The maximum atomic E-state index is 13.1. The molecule has 0 saturated heterocycles. The SMILES string of the molecule is CNC(C)(C)C(=O)NC(C)c1ccc(F)c(F)c1. The van der Waals surface area contributed by atoms with E-state index in [4.69, 9.17) is 0 Å². The predicted octanol–water partition coefficient (Wildman–Crippen LogP) is 2.14. The zero-order valence-electron chi connectivity index (χ0n) is 11.0. The largest absolute Gasteiger partial charge is 0.348 e. The molecule has 1 amide bonds. The van der Waals surface area contributed by atoms with Gasteiger partial charge in [0.1, 0.15) is 0 Å². The molecule has 0 spiro atoms. The topological polar surface area (TPSA) is 41.1 Å². The second kappa shape index (κ2) is 5.44. The minimum absolute atomic E-state index is 0.206. The van der Waals surface area contributed by atoms with Crippen LogP contribution in [-0.2, 0) is 4.79 Å². The van der Waals surface area contributed by atoms with Crippen LogP contribution in [0.15, 0.2) is 18.2 Å². The third kappa shape index (κ3) is 3.26. The van der Waals surface area contributed by atoms with Gasteiger partial charge in [0.05, 0.1) is 11.6 Å². The van der Waals surface area contributed by atoms with Gasteiger partial charge in [0.25, 0.3) is 0 Å². The van der Waals surface area contributed by atoms with Crippen molar-refractivity contribution in [3.63, 3.8) is 0 Å². The Hall–Kier alpha value is -1.49. The summed E-state index contributed by atoms with van der Waals surface area (Å²) in [5.74, 6) is -2.02. The van der Waals surface area contributed by atoms with Crippen LogP contribution in [0, 0.1) is 11.6 Å². The van der Waals surface area contributed by atoms with Crippen LogP contribution in [0.1, 0.15) is 32.4 Å². The number of amides is 1. The van der Waals surface area contributed by atoms with Gasteiger partial charge >= 0.3 is 0 Å². The van der Waals surface area contributed by atoms with Crippen molar-refractivity contribution in [2.24, 2.45) is 0 Å². The van der Waals surface area contributed by atoms with E-state index in [-0.39, 0.29) is 11.9 Å². The highest BCUT2D eigenvalue weighted by atomic mass is 19.2. The Bertz CT molecular complexity index is 447. The van der Waals surface area contributed by atoms with Gasteiger partial charge in [-0.15, -0.1) is 0 Å². The Kier molecular flexibility index (Phi) is 4.40. The van der Waals surface area contributed by atoms with Gasteiger partial charge < -0.3 is 10.6 Å². The number of nitrogens with one attached hydrogen (secondary N) is 2. The molecule has 1 rings (SSSR count). The Morgan fingerprint density at radius 2 is 1.89 bits per heavy atom. The van der Waals surface area contributed by atoms with E-state index < -0.39 is 17.2 Å². The number of hydrogen-bond acceptors (Lipinski definition) is 2. The normalized spacial score (nSPS) is 13.2.